The quantitative estimate of drug-likeness (QED) is 0.714. The summed E-state index contributed by atoms with van der Waals surface area (Å²) < 4.78 is 10.4. The highest BCUT2D eigenvalue weighted by molar-refractivity contribution is 5.98. The Morgan fingerprint density at radius 3 is 2.14 bits per heavy atom. The molecule has 0 heterocycles. The second-order valence-corrected chi connectivity index (χ2v) is 6.59. The molecule has 148 valence electrons. The molecular weight excluding hydrogens is 360 g/mol. The van der Waals surface area contributed by atoms with Crippen molar-refractivity contribution in [2.45, 2.75) is 33.8 Å². The number of carbonyl (C=O) groups is 3. The zero-order valence-electron chi connectivity index (χ0n) is 16.4. The molecule has 0 aromatic heterocycles. The van der Waals surface area contributed by atoms with E-state index in [4.69, 9.17) is 15.2 Å². The lowest BCUT2D eigenvalue weighted by Gasteiger charge is -2.17. The smallest absolute Gasteiger partial charge is 0.338 e. The summed E-state index contributed by atoms with van der Waals surface area (Å²) in [6.45, 7) is 7.07. The Labute approximate surface area is 163 Å². The molecule has 0 saturated heterocycles. The van der Waals surface area contributed by atoms with Gasteiger partial charge in [-0.05, 0) is 63.1 Å². The van der Waals surface area contributed by atoms with Crippen LogP contribution >= 0.6 is 0 Å². The number of primary amides is 1. The minimum atomic E-state index is -0.974. The Hall–Kier alpha value is -3.35. The molecule has 2 rings (SSSR count). The minimum absolute atomic E-state index is 0.251. The normalized spacial score (nSPS) is 11.4. The number of esters is 1. The molecule has 2 aromatic rings. The third-order valence-corrected chi connectivity index (χ3v) is 4.05. The first kappa shape index (κ1) is 21.0. The summed E-state index contributed by atoms with van der Waals surface area (Å²) in [6, 6.07) is 9.95. The summed E-state index contributed by atoms with van der Waals surface area (Å²) in [5, 5.41) is 2.82. The van der Waals surface area contributed by atoms with E-state index in [-0.39, 0.29) is 12.2 Å². The van der Waals surface area contributed by atoms with Gasteiger partial charge < -0.3 is 20.5 Å². The molecule has 0 saturated carbocycles. The van der Waals surface area contributed by atoms with Crippen molar-refractivity contribution in [1.29, 1.82) is 0 Å². The van der Waals surface area contributed by atoms with E-state index in [0.717, 1.165) is 22.4 Å². The third kappa shape index (κ3) is 5.57. The van der Waals surface area contributed by atoms with E-state index in [1.54, 1.807) is 0 Å². The van der Waals surface area contributed by atoms with Crippen molar-refractivity contribution in [3.63, 3.8) is 0 Å². The van der Waals surface area contributed by atoms with Gasteiger partial charge in [0.05, 0.1) is 5.56 Å². The number of rotatable bonds is 7. The lowest BCUT2D eigenvalue weighted by Crippen LogP contribution is -2.30. The Bertz CT molecular complexity index is 867. The molecule has 28 heavy (non-hydrogen) atoms. The molecule has 0 fully saturated rings. The number of carbonyl (C=O) groups excluding carboxylic acids is 3. The maximum atomic E-state index is 12.4. The highest BCUT2D eigenvalue weighted by Gasteiger charge is 2.20. The molecule has 0 bridgehead atoms. The summed E-state index contributed by atoms with van der Waals surface area (Å²) >= 11 is 0. The maximum Gasteiger partial charge on any atom is 0.338 e. The number of ether oxygens (including phenoxy) is 2. The fourth-order valence-corrected chi connectivity index (χ4v) is 2.73. The average molecular weight is 384 g/mol. The van der Waals surface area contributed by atoms with E-state index in [2.05, 4.69) is 5.32 Å². The van der Waals surface area contributed by atoms with Crippen LogP contribution in [-0.2, 0) is 14.3 Å². The predicted molar refractivity (Wildman–Crippen MR) is 105 cm³/mol. The first-order valence-corrected chi connectivity index (χ1v) is 8.78. The van der Waals surface area contributed by atoms with Crippen molar-refractivity contribution < 1.29 is 23.9 Å². The second-order valence-electron chi connectivity index (χ2n) is 6.59. The van der Waals surface area contributed by atoms with Gasteiger partial charge in [0, 0.05) is 5.69 Å². The molecule has 0 unspecified atom stereocenters. The molecule has 7 heteroatoms. The van der Waals surface area contributed by atoms with E-state index in [1.807, 2.05) is 32.9 Å². The highest BCUT2D eigenvalue weighted by Crippen LogP contribution is 2.22. The Morgan fingerprint density at radius 1 is 1.04 bits per heavy atom. The number of hydrogen-bond donors (Lipinski definition) is 2. The highest BCUT2D eigenvalue weighted by atomic mass is 16.5. The predicted octanol–water partition coefficient (Wildman–Crippen LogP) is 2.66. The number of amides is 2. The van der Waals surface area contributed by atoms with Crippen LogP contribution in [-0.4, -0.2) is 30.5 Å². The molecule has 0 spiro atoms. The standard InChI is InChI=1S/C21H24N2O5/c1-12-9-13(2)19(14(3)10-12)23-20(25)15(4)28-21(26)16-5-7-17(8-6-16)27-11-18(22)24/h5-10,15H,11H2,1-4H3,(H2,22,24)(H,23,25)/t15-/m0/s1. The summed E-state index contributed by atoms with van der Waals surface area (Å²) in [5.41, 5.74) is 8.97. The zero-order chi connectivity index (χ0) is 20.8. The number of nitrogens with two attached hydrogens (primary N) is 1. The van der Waals surface area contributed by atoms with Crippen LogP contribution in [0.3, 0.4) is 0 Å². The molecule has 2 amide bonds. The zero-order valence-corrected chi connectivity index (χ0v) is 16.4. The van der Waals surface area contributed by atoms with Gasteiger partial charge in [0.15, 0.2) is 12.7 Å². The van der Waals surface area contributed by atoms with Crippen molar-refractivity contribution in [2.75, 3.05) is 11.9 Å². The molecule has 0 aliphatic heterocycles. The van der Waals surface area contributed by atoms with Crippen molar-refractivity contribution in [3.05, 3.63) is 58.7 Å². The van der Waals surface area contributed by atoms with E-state index in [1.165, 1.54) is 31.2 Å². The van der Waals surface area contributed by atoms with Crippen LogP contribution in [0.2, 0.25) is 0 Å². The topological polar surface area (TPSA) is 108 Å². The van der Waals surface area contributed by atoms with Crippen LogP contribution in [0.5, 0.6) is 5.75 Å². The van der Waals surface area contributed by atoms with Crippen LogP contribution in [0.15, 0.2) is 36.4 Å². The lowest BCUT2D eigenvalue weighted by molar-refractivity contribution is -0.123. The van der Waals surface area contributed by atoms with Gasteiger partial charge in [-0.15, -0.1) is 0 Å². The second kappa shape index (κ2) is 9.03. The first-order valence-electron chi connectivity index (χ1n) is 8.78. The summed E-state index contributed by atoms with van der Waals surface area (Å²) in [4.78, 5) is 35.4. The van der Waals surface area contributed by atoms with Crippen molar-refractivity contribution in [1.82, 2.24) is 0 Å². The number of aryl methyl sites for hydroxylation is 3. The summed E-state index contributed by atoms with van der Waals surface area (Å²) in [6.07, 6.45) is -0.974. The van der Waals surface area contributed by atoms with Gasteiger partial charge in [0.1, 0.15) is 5.75 Å². The van der Waals surface area contributed by atoms with E-state index >= 15 is 0 Å². The maximum absolute atomic E-state index is 12.4. The van der Waals surface area contributed by atoms with E-state index in [9.17, 15) is 14.4 Å². The van der Waals surface area contributed by atoms with Crippen LogP contribution in [0.4, 0.5) is 5.69 Å². The molecule has 3 N–H and O–H groups in total. The summed E-state index contributed by atoms with van der Waals surface area (Å²) in [7, 11) is 0. The van der Waals surface area contributed by atoms with E-state index in [0.29, 0.717) is 5.75 Å². The number of nitrogens with one attached hydrogen (secondary N) is 1. The Balaban J connectivity index is 1.98. The molecule has 0 radical (unpaired) electrons. The summed E-state index contributed by atoms with van der Waals surface area (Å²) in [5.74, 6) is -1.25. The Kier molecular flexibility index (Phi) is 6.76. The van der Waals surface area contributed by atoms with Crippen molar-refractivity contribution >= 4 is 23.5 Å². The van der Waals surface area contributed by atoms with E-state index < -0.39 is 23.9 Å². The number of hydrogen-bond acceptors (Lipinski definition) is 5. The van der Waals surface area contributed by atoms with Gasteiger partial charge in [-0.25, -0.2) is 4.79 Å². The monoisotopic (exact) mass is 384 g/mol. The fraction of sp³-hybridized carbons (Fsp3) is 0.286. The van der Waals surface area contributed by atoms with Gasteiger partial charge in [-0.1, -0.05) is 17.7 Å². The SMILES string of the molecule is Cc1cc(C)c(NC(=O)[C@H](C)OC(=O)c2ccc(OCC(N)=O)cc2)c(C)c1. The van der Waals surface area contributed by atoms with Crippen LogP contribution in [0, 0.1) is 20.8 Å². The molecular formula is C21H24N2O5. The lowest BCUT2D eigenvalue weighted by atomic mass is 10.0. The van der Waals surface area contributed by atoms with Crippen molar-refractivity contribution in [3.8, 4) is 5.75 Å². The average Bonchev–Trinajstić information content (AvgIpc) is 2.63. The van der Waals surface area contributed by atoms with Crippen LogP contribution < -0.4 is 15.8 Å². The molecule has 0 aliphatic carbocycles. The van der Waals surface area contributed by atoms with Gasteiger partial charge >= 0.3 is 5.97 Å². The fourth-order valence-electron chi connectivity index (χ4n) is 2.73. The number of benzene rings is 2. The third-order valence-electron chi connectivity index (χ3n) is 4.05. The van der Waals surface area contributed by atoms with Gasteiger partial charge in [-0.2, -0.15) is 0 Å². The van der Waals surface area contributed by atoms with Gasteiger partial charge in [-0.3, -0.25) is 9.59 Å². The van der Waals surface area contributed by atoms with Crippen molar-refractivity contribution in [2.24, 2.45) is 5.73 Å². The Morgan fingerprint density at radius 2 is 1.61 bits per heavy atom. The minimum Gasteiger partial charge on any atom is -0.484 e. The number of anilines is 1. The van der Waals surface area contributed by atoms with Crippen LogP contribution in [0.1, 0.15) is 34.0 Å². The molecule has 1 atom stereocenters. The van der Waals surface area contributed by atoms with Crippen LogP contribution in [0.25, 0.3) is 0 Å². The molecule has 7 nitrogen and oxygen atoms in total. The first-order chi connectivity index (χ1) is 13.2. The van der Waals surface area contributed by atoms with Gasteiger partial charge in [0.25, 0.3) is 11.8 Å². The molecule has 2 aromatic carbocycles. The largest absolute Gasteiger partial charge is 0.484 e. The molecule has 0 aliphatic rings. The van der Waals surface area contributed by atoms with Gasteiger partial charge in [0.2, 0.25) is 0 Å².